The van der Waals surface area contributed by atoms with E-state index in [2.05, 4.69) is 15.7 Å². The van der Waals surface area contributed by atoms with E-state index in [0.29, 0.717) is 5.92 Å². The molecule has 5 nitrogen and oxygen atoms in total. The number of carbonyl (C=O) groups excluding carboxylic acids is 1. The van der Waals surface area contributed by atoms with Crippen LogP contribution in [0.1, 0.15) is 43.0 Å². The maximum atomic E-state index is 12.6. The molecule has 1 saturated heterocycles. The molecule has 1 amide bonds. The molecule has 2 aromatic rings. The molecule has 0 unspecified atom stereocenters. The summed E-state index contributed by atoms with van der Waals surface area (Å²) >= 11 is 0. The number of likely N-dealkylation sites (tertiary alicyclic amines) is 1. The van der Waals surface area contributed by atoms with Gasteiger partial charge in [0.05, 0.1) is 0 Å². The van der Waals surface area contributed by atoms with Crippen LogP contribution >= 0.6 is 0 Å². The summed E-state index contributed by atoms with van der Waals surface area (Å²) in [5.41, 5.74) is 1.18. The number of benzene rings is 1. The summed E-state index contributed by atoms with van der Waals surface area (Å²) in [4.78, 5) is 19.2. The van der Waals surface area contributed by atoms with E-state index in [0.717, 1.165) is 50.0 Å². The zero-order valence-corrected chi connectivity index (χ0v) is 15.4. The highest BCUT2D eigenvalue weighted by Gasteiger charge is 2.29. The van der Waals surface area contributed by atoms with E-state index in [1.54, 1.807) is 0 Å². The van der Waals surface area contributed by atoms with Crippen molar-refractivity contribution in [1.29, 1.82) is 0 Å². The Balaban J connectivity index is 1.34. The Morgan fingerprint density at radius 2 is 2.04 bits per heavy atom. The largest absolute Gasteiger partial charge is 0.484 e. The standard InChI is InChI=1S/C21H27N3O2/c1-16-4-8-19(9-5-16)26-15-20(25)23-11-2-3-18(14-23)21-22-10-12-24(21)13-17-6-7-17/h4-5,8-10,12,17-18H,2-3,6-7,11,13-15H2,1H3/t18-/m1/s1. The topological polar surface area (TPSA) is 47.4 Å². The summed E-state index contributed by atoms with van der Waals surface area (Å²) in [7, 11) is 0. The molecule has 4 rings (SSSR count). The Kier molecular flexibility index (Phi) is 4.96. The van der Waals surface area contributed by atoms with Crippen LogP contribution in [0.3, 0.4) is 0 Å². The fourth-order valence-electron chi connectivity index (χ4n) is 3.70. The number of imidazole rings is 1. The van der Waals surface area contributed by atoms with Gasteiger partial charge in [-0.05, 0) is 50.7 Å². The number of ether oxygens (including phenoxy) is 1. The number of amides is 1. The molecule has 1 aliphatic heterocycles. The molecule has 1 atom stereocenters. The minimum Gasteiger partial charge on any atom is -0.484 e. The van der Waals surface area contributed by atoms with Gasteiger partial charge < -0.3 is 14.2 Å². The molecule has 138 valence electrons. The molecule has 2 heterocycles. The van der Waals surface area contributed by atoms with Gasteiger partial charge in [0, 0.05) is 37.9 Å². The van der Waals surface area contributed by atoms with Crippen molar-refractivity contribution in [2.45, 2.75) is 45.1 Å². The van der Waals surface area contributed by atoms with Crippen LogP contribution < -0.4 is 4.74 Å². The molecule has 5 heteroatoms. The number of hydrogen-bond donors (Lipinski definition) is 0. The van der Waals surface area contributed by atoms with Crippen LogP contribution in [0.2, 0.25) is 0 Å². The van der Waals surface area contributed by atoms with Crippen molar-refractivity contribution >= 4 is 5.91 Å². The maximum absolute atomic E-state index is 12.6. The first-order valence-electron chi connectivity index (χ1n) is 9.67. The van der Waals surface area contributed by atoms with Crippen molar-refractivity contribution in [2.24, 2.45) is 5.92 Å². The van der Waals surface area contributed by atoms with Gasteiger partial charge in [-0.1, -0.05) is 17.7 Å². The van der Waals surface area contributed by atoms with Gasteiger partial charge in [-0.25, -0.2) is 4.98 Å². The second kappa shape index (κ2) is 7.52. The monoisotopic (exact) mass is 353 g/mol. The van der Waals surface area contributed by atoms with Crippen LogP contribution in [0.15, 0.2) is 36.7 Å². The Morgan fingerprint density at radius 3 is 2.81 bits per heavy atom. The molecule has 2 aliphatic rings. The van der Waals surface area contributed by atoms with Crippen LogP contribution in [-0.4, -0.2) is 40.1 Å². The summed E-state index contributed by atoms with van der Waals surface area (Å²) in [6, 6.07) is 7.82. The Labute approximate surface area is 155 Å². The quantitative estimate of drug-likeness (QED) is 0.800. The van der Waals surface area contributed by atoms with Crippen LogP contribution in [-0.2, 0) is 11.3 Å². The molecule has 1 aromatic heterocycles. The summed E-state index contributed by atoms with van der Waals surface area (Å²) in [5.74, 6) is 3.12. The fraction of sp³-hybridized carbons (Fsp3) is 0.524. The van der Waals surface area contributed by atoms with Gasteiger partial charge in [0.25, 0.3) is 5.91 Å². The molecular formula is C21H27N3O2. The number of hydrogen-bond acceptors (Lipinski definition) is 3. The van der Waals surface area contributed by atoms with Gasteiger partial charge in [-0.3, -0.25) is 4.79 Å². The van der Waals surface area contributed by atoms with Crippen molar-refractivity contribution in [1.82, 2.24) is 14.5 Å². The lowest BCUT2D eigenvalue weighted by Gasteiger charge is -2.32. The van der Waals surface area contributed by atoms with E-state index in [9.17, 15) is 4.79 Å². The third-order valence-electron chi connectivity index (χ3n) is 5.42. The highest BCUT2D eigenvalue weighted by Crippen LogP contribution is 2.33. The van der Waals surface area contributed by atoms with E-state index >= 15 is 0 Å². The SMILES string of the molecule is Cc1ccc(OCC(=O)N2CCC[C@@H](c3nccn3CC3CC3)C2)cc1. The molecule has 26 heavy (non-hydrogen) atoms. The van der Waals surface area contributed by atoms with Gasteiger partial charge >= 0.3 is 0 Å². The first kappa shape index (κ1) is 17.1. The lowest BCUT2D eigenvalue weighted by atomic mass is 9.97. The Morgan fingerprint density at radius 1 is 1.23 bits per heavy atom. The van der Waals surface area contributed by atoms with Gasteiger partial charge in [-0.15, -0.1) is 0 Å². The molecule has 0 bridgehead atoms. The highest BCUT2D eigenvalue weighted by molar-refractivity contribution is 5.78. The molecule has 1 aromatic carbocycles. The van der Waals surface area contributed by atoms with Crippen molar-refractivity contribution in [3.8, 4) is 5.75 Å². The predicted molar refractivity (Wildman–Crippen MR) is 100 cm³/mol. The lowest BCUT2D eigenvalue weighted by Crippen LogP contribution is -2.42. The number of aromatic nitrogens is 2. The van der Waals surface area contributed by atoms with Crippen LogP contribution in [0.4, 0.5) is 0 Å². The summed E-state index contributed by atoms with van der Waals surface area (Å²) < 4.78 is 7.98. The molecular weight excluding hydrogens is 326 g/mol. The van der Waals surface area contributed by atoms with Crippen molar-refractivity contribution in [3.05, 3.63) is 48.0 Å². The molecule has 0 radical (unpaired) electrons. The molecule has 2 fully saturated rings. The summed E-state index contributed by atoms with van der Waals surface area (Å²) in [5, 5.41) is 0. The predicted octanol–water partition coefficient (Wildman–Crippen LogP) is 3.39. The van der Waals surface area contributed by atoms with E-state index in [1.165, 1.54) is 18.4 Å². The van der Waals surface area contributed by atoms with Crippen molar-refractivity contribution < 1.29 is 9.53 Å². The number of piperidine rings is 1. The number of nitrogens with zero attached hydrogens (tertiary/aromatic N) is 3. The van der Waals surface area contributed by atoms with Gasteiger partial charge in [0.1, 0.15) is 11.6 Å². The van der Waals surface area contributed by atoms with Gasteiger partial charge in [0.2, 0.25) is 0 Å². The lowest BCUT2D eigenvalue weighted by molar-refractivity contribution is -0.134. The molecule has 0 spiro atoms. The van der Waals surface area contributed by atoms with Gasteiger partial charge in [0.15, 0.2) is 6.61 Å². The van der Waals surface area contributed by atoms with E-state index < -0.39 is 0 Å². The smallest absolute Gasteiger partial charge is 0.260 e. The van der Waals surface area contributed by atoms with Crippen LogP contribution in [0.25, 0.3) is 0 Å². The zero-order valence-electron chi connectivity index (χ0n) is 15.4. The molecule has 1 aliphatic carbocycles. The fourth-order valence-corrected chi connectivity index (χ4v) is 3.70. The van der Waals surface area contributed by atoms with E-state index in [4.69, 9.17) is 4.74 Å². The minimum atomic E-state index is 0.0653. The third-order valence-corrected chi connectivity index (χ3v) is 5.42. The number of carbonyl (C=O) groups is 1. The Hall–Kier alpha value is -2.30. The third kappa shape index (κ3) is 4.09. The number of aryl methyl sites for hydroxylation is 1. The Bertz CT molecular complexity index is 749. The first-order chi connectivity index (χ1) is 12.7. The average molecular weight is 353 g/mol. The molecule has 1 saturated carbocycles. The van der Waals surface area contributed by atoms with Crippen LogP contribution in [0.5, 0.6) is 5.75 Å². The van der Waals surface area contributed by atoms with E-state index in [-0.39, 0.29) is 12.5 Å². The average Bonchev–Trinajstić information content (AvgIpc) is 3.36. The minimum absolute atomic E-state index is 0.0653. The first-order valence-corrected chi connectivity index (χ1v) is 9.67. The van der Waals surface area contributed by atoms with Crippen molar-refractivity contribution in [3.63, 3.8) is 0 Å². The second-order valence-corrected chi connectivity index (χ2v) is 7.66. The number of rotatable bonds is 6. The van der Waals surface area contributed by atoms with Gasteiger partial charge in [-0.2, -0.15) is 0 Å². The summed E-state index contributed by atoms with van der Waals surface area (Å²) in [6.07, 6.45) is 8.79. The highest BCUT2D eigenvalue weighted by atomic mass is 16.5. The second-order valence-electron chi connectivity index (χ2n) is 7.66. The molecule has 0 N–H and O–H groups in total. The zero-order chi connectivity index (χ0) is 17.9. The normalized spacial score (nSPS) is 20.2. The maximum Gasteiger partial charge on any atom is 0.260 e. The summed E-state index contributed by atoms with van der Waals surface area (Å²) in [6.45, 7) is 4.78. The van der Waals surface area contributed by atoms with Crippen molar-refractivity contribution in [2.75, 3.05) is 19.7 Å². The van der Waals surface area contributed by atoms with E-state index in [1.807, 2.05) is 42.3 Å². The van der Waals surface area contributed by atoms with Crippen LogP contribution in [0, 0.1) is 12.8 Å².